The predicted octanol–water partition coefficient (Wildman–Crippen LogP) is 4.85. The lowest BCUT2D eigenvalue weighted by molar-refractivity contribution is -0.141. The molecule has 1 saturated heterocycles. The molecule has 1 amide bonds. The van der Waals surface area contributed by atoms with Crippen LogP contribution >= 0.6 is 0 Å². The molecule has 4 rings (SSSR count). The van der Waals surface area contributed by atoms with Crippen molar-refractivity contribution in [2.24, 2.45) is 0 Å². The highest BCUT2D eigenvalue weighted by Gasteiger charge is 2.37. The van der Waals surface area contributed by atoms with Gasteiger partial charge in [0.15, 0.2) is 0 Å². The maximum Gasteiger partial charge on any atom is 0.433 e. The largest absolute Gasteiger partial charge is 0.433 e. The molecule has 5 nitrogen and oxygen atoms in total. The van der Waals surface area contributed by atoms with Gasteiger partial charge in [-0.3, -0.25) is 14.7 Å². The molecule has 3 heterocycles. The number of rotatable bonds is 5. The minimum absolute atomic E-state index is 0.00591. The molecule has 3 aromatic rings. The third-order valence-electron chi connectivity index (χ3n) is 5.72. The summed E-state index contributed by atoms with van der Waals surface area (Å²) >= 11 is 0. The van der Waals surface area contributed by atoms with Gasteiger partial charge in [0.25, 0.3) is 11.8 Å². The van der Waals surface area contributed by atoms with E-state index in [9.17, 15) is 26.7 Å². The molecule has 1 N–H and O–H groups in total. The standard InChI is InChI=1S/C23H21F5N4O/c24-22(25)9-11-32(12-10-22)19(16-6-8-20(29-13-16)23(26,27)28)14-30-21(33)18-7-5-15-3-1-2-4-17(15)31-18/h1-8,13,19H,9-12,14H2,(H,30,33). The fourth-order valence-electron chi connectivity index (χ4n) is 3.86. The first kappa shape index (κ1) is 23.0. The summed E-state index contributed by atoms with van der Waals surface area (Å²) in [5.74, 6) is -3.24. The fourth-order valence-corrected chi connectivity index (χ4v) is 3.86. The smallest absolute Gasteiger partial charge is 0.349 e. The van der Waals surface area contributed by atoms with Crippen LogP contribution in [0.2, 0.25) is 0 Å². The molecule has 0 aliphatic carbocycles. The molecule has 0 radical (unpaired) electrons. The molecule has 1 unspecified atom stereocenters. The topological polar surface area (TPSA) is 58.1 Å². The lowest BCUT2D eigenvalue weighted by Crippen LogP contribution is -2.45. The van der Waals surface area contributed by atoms with Gasteiger partial charge in [-0.05, 0) is 23.8 Å². The first-order valence-corrected chi connectivity index (χ1v) is 10.4. The Labute approximate surface area is 186 Å². The number of pyridine rings is 2. The van der Waals surface area contributed by atoms with Crippen LogP contribution in [0.15, 0.2) is 54.7 Å². The third kappa shape index (κ3) is 5.44. The molecule has 10 heteroatoms. The van der Waals surface area contributed by atoms with E-state index in [0.717, 1.165) is 17.6 Å². The summed E-state index contributed by atoms with van der Waals surface area (Å²) in [4.78, 5) is 22.3. The number of aromatic nitrogens is 2. The Morgan fingerprint density at radius 1 is 1.06 bits per heavy atom. The van der Waals surface area contributed by atoms with E-state index in [2.05, 4.69) is 15.3 Å². The summed E-state index contributed by atoms with van der Waals surface area (Å²) in [5.41, 5.74) is 0.189. The number of carbonyl (C=O) groups excluding carboxylic acids is 1. The molecular formula is C23H21F5N4O. The Balaban J connectivity index is 1.53. The van der Waals surface area contributed by atoms with Gasteiger partial charge in [-0.1, -0.05) is 30.3 Å². The molecular weight excluding hydrogens is 443 g/mol. The highest BCUT2D eigenvalue weighted by molar-refractivity contribution is 5.94. The van der Waals surface area contributed by atoms with Gasteiger partial charge in [0.1, 0.15) is 11.4 Å². The van der Waals surface area contributed by atoms with Crippen molar-refractivity contribution in [1.29, 1.82) is 0 Å². The summed E-state index contributed by atoms with van der Waals surface area (Å²) in [5, 5.41) is 3.62. The molecule has 0 bridgehead atoms. The second-order valence-electron chi connectivity index (χ2n) is 7.98. The second kappa shape index (κ2) is 9.01. The average Bonchev–Trinajstić information content (AvgIpc) is 2.79. The van der Waals surface area contributed by atoms with Crippen molar-refractivity contribution in [2.75, 3.05) is 19.6 Å². The van der Waals surface area contributed by atoms with Gasteiger partial charge < -0.3 is 5.32 Å². The highest BCUT2D eigenvalue weighted by atomic mass is 19.4. The Morgan fingerprint density at radius 2 is 1.79 bits per heavy atom. The highest BCUT2D eigenvalue weighted by Crippen LogP contribution is 2.33. The first-order chi connectivity index (χ1) is 15.6. The van der Waals surface area contributed by atoms with Crippen molar-refractivity contribution in [3.8, 4) is 0 Å². The molecule has 1 fully saturated rings. The third-order valence-corrected chi connectivity index (χ3v) is 5.72. The zero-order chi connectivity index (χ0) is 23.6. The van der Waals surface area contributed by atoms with Gasteiger partial charge in [0.2, 0.25) is 0 Å². The summed E-state index contributed by atoms with van der Waals surface area (Å²) in [6.45, 7) is 0.0948. The lowest BCUT2D eigenvalue weighted by Gasteiger charge is -2.37. The van der Waals surface area contributed by atoms with Crippen molar-refractivity contribution in [3.63, 3.8) is 0 Å². The Morgan fingerprint density at radius 3 is 2.45 bits per heavy atom. The number of hydrogen-bond donors (Lipinski definition) is 1. The lowest BCUT2D eigenvalue weighted by atomic mass is 10.0. The summed E-state index contributed by atoms with van der Waals surface area (Å²) < 4.78 is 66.0. The number of fused-ring (bicyclic) bond motifs is 1. The zero-order valence-electron chi connectivity index (χ0n) is 17.4. The van der Waals surface area contributed by atoms with Gasteiger partial charge in [-0.15, -0.1) is 0 Å². The van der Waals surface area contributed by atoms with Gasteiger partial charge >= 0.3 is 6.18 Å². The van der Waals surface area contributed by atoms with Gasteiger partial charge in [-0.25, -0.2) is 13.8 Å². The Kier molecular flexibility index (Phi) is 6.29. The van der Waals surface area contributed by atoms with E-state index in [1.807, 2.05) is 12.1 Å². The number of amides is 1. The van der Waals surface area contributed by atoms with E-state index in [1.165, 1.54) is 6.07 Å². The van der Waals surface area contributed by atoms with Crippen LogP contribution in [-0.2, 0) is 6.18 Å². The number of carbonyl (C=O) groups is 1. The molecule has 2 aromatic heterocycles. The molecule has 0 saturated carbocycles. The number of piperidine rings is 1. The Hall–Kier alpha value is -3.14. The number of nitrogens with one attached hydrogen (secondary N) is 1. The van der Waals surface area contributed by atoms with Crippen molar-refractivity contribution >= 4 is 16.8 Å². The minimum Gasteiger partial charge on any atom is -0.349 e. The maximum atomic E-state index is 13.6. The number of hydrogen-bond acceptors (Lipinski definition) is 4. The van der Waals surface area contributed by atoms with Crippen LogP contribution in [0.5, 0.6) is 0 Å². The normalized spacial score (nSPS) is 17.6. The number of likely N-dealkylation sites (tertiary alicyclic amines) is 1. The SMILES string of the molecule is O=C(NCC(c1ccc(C(F)(F)F)nc1)N1CCC(F)(F)CC1)c1ccc2ccccc2n1. The van der Waals surface area contributed by atoms with Crippen molar-refractivity contribution in [1.82, 2.24) is 20.2 Å². The summed E-state index contributed by atoms with van der Waals surface area (Å²) in [6, 6.07) is 12.2. The van der Waals surface area contributed by atoms with Crippen molar-refractivity contribution in [3.05, 3.63) is 71.7 Å². The van der Waals surface area contributed by atoms with E-state index in [0.29, 0.717) is 11.1 Å². The van der Waals surface area contributed by atoms with Crippen LogP contribution in [0.1, 0.15) is 40.6 Å². The predicted molar refractivity (Wildman–Crippen MR) is 112 cm³/mol. The van der Waals surface area contributed by atoms with E-state index >= 15 is 0 Å². The van der Waals surface area contributed by atoms with E-state index in [4.69, 9.17) is 0 Å². The molecule has 0 spiro atoms. The number of alkyl halides is 5. The number of para-hydroxylation sites is 1. The maximum absolute atomic E-state index is 13.6. The molecule has 1 atom stereocenters. The number of halogens is 5. The van der Waals surface area contributed by atoms with Gasteiger partial charge in [0, 0.05) is 44.1 Å². The second-order valence-corrected chi connectivity index (χ2v) is 7.98. The summed E-state index contributed by atoms with van der Waals surface area (Å²) in [6.07, 6.45) is -4.23. The Bertz CT molecular complexity index is 1120. The van der Waals surface area contributed by atoms with Crippen LogP contribution in [0.4, 0.5) is 22.0 Å². The van der Waals surface area contributed by atoms with Gasteiger partial charge in [-0.2, -0.15) is 13.2 Å². The molecule has 174 valence electrons. The molecule has 33 heavy (non-hydrogen) atoms. The number of benzene rings is 1. The van der Waals surface area contributed by atoms with Crippen LogP contribution < -0.4 is 5.32 Å². The van der Waals surface area contributed by atoms with E-state index < -0.39 is 29.7 Å². The minimum atomic E-state index is -4.59. The van der Waals surface area contributed by atoms with Gasteiger partial charge in [0.05, 0.1) is 11.6 Å². The van der Waals surface area contributed by atoms with Crippen LogP contribution in [0.3, 0.4) is 0 Å². The average molecular weight is 464 g/mol. The van der Waals surface area contributed by atoms with Crippen molar-refractivity contribution < 1.29 is 26.7 Å². The quantitative estimate of drug-likeness (QED) is 0.549. The molecule has 1 aliphatic rings. The fraction of sp³-hybridized carbons (Fsp3) is 0.348. The van der Waals surface area contributed by atoms with E-state index in [-0.39, 0.29) is 38.2 Å². The van der Waals surface area contributed by atoms with Crippen LogP contribution in [-0.4, -0.2) is 46.3 Å². The van der Waals surface area contributed by atoms with Crippen LogP contribution in [0.25, 0.3) is 10.9 Å². The number of nitrogens with zero attached hydrogens (tertiary/aromatic N) is 3. The molecule has 1 aromatic carbocycles. The van der Waals surface area contributed by atoms with Crippen LogP contribution in [0, 0.1) is 0 Å². The molecule has 1 aliphatic heterocycles. The monoisotopic (exact) mass is 464 g/mol. The van der Waals surface area contributed by atoms with E-state index in [1.54, 1.807) is 29.2 Å². The van der Waals surface area contributed by atoms with Crippen molar-refractivity contribution in [2.45, 2.75) is 31.0 Å². The first-order valence-electron chi connectivity index (χ1n) is 10.4. The zero-order valence-corrected chi connectivity index (χ0v) is 17.4. The summed E-state index contributed by atoms with van der Waals surface area (Å²) in [7, 11) is 0.